The lowest BCUT2D eigenvalue weighted by molar-refractivity contribution is 0.370. The third-order valence-electron chi connectivity index (χ3n) is 8.61. The first-order chi connectivity index (χ1) is 19.6. The van der Waals surface area contributed by atoms with Gasteiger partial charge < -0.3 is 9.79 Å². The number of unbranched alkanes of at least 4 members (excludes halogenated alkanes) is 32. The van der Waals surface area contributed by atoms with E-state index in [1.54, 1.807) is 0 Å². The summed E-state index contributed by atoms with van der Waals surface area (Å²) < 4.78 is 10.8. The first-order valence-electron chi connectivity index (χ1n) is 18.2. The lowest BCUT2D eigenvalue weighted by atomic mass is 10.0. The molecular formula is C35H73O3PS. The molecule has 0 radical (unpaired) electrons. The Morgan fingerprint density at radius 2 is 0.450 bits per heavy atom. The summed E-state index contributed by atoms with van der Waals surface area (Å²) in [6.45, 7) is 0. The predicted molar refractivity (Wildman–Crippen MR) is 183 cm³/mol. The van der Waals surface area contributed by atoms with Crippen LogP contribution in [0.1, 0.15) is 212 Å². The first-order valence-corrected chi connectivity index (χ1v) is 20.6. The molecule has 242 valence electrons. The maximum absolute atomic E-state index is 10.8. The van der Waals surface area contributed by atoms with Crippen LogP contribution < -0.4 is 0 Å². The first kappa shape index (κ1) is 40.5. The molecule has 0 rings (SSSR count). The number of hydrogen-bond acceptors (Lipinski definition) is 2. The minimum atomic E-state index is -3.77. The lowest BCUT2D eigenvalue weighted by Gasteiger charge is -2.05. The van der Waals surface area contributed by atoms with Gasteiger partial charge in [0.25, 0.3) is 0 Å². The van der Waals surface area contributed by atoms with Gasteiger partial charge in [-0.15, -0.1) is 0 Å². The average Bonchev–Trinajstić information content (AvgIpc) is 2.92. The molecule has 40 heavy (non-hydrogen) atoms. The Morgan fingerprint density at radius 1 is 0.300 bits per heavy atom. The molecule has 0 heterocycles. The quantitative estimate of drug-likeness (QED) is 0.0383. The van der Waals surface area contributed by atoms with E-state index in [9.17, 15) is 4.57 Å². The van der Waals surface area contributed by atoms with E-state index in [2.05, 4.69) is 12.6 Å². The largest absolute Gasteiger partial charge is 0.325 e. The van der Waals surface area contributed by atoms with Crippen molar-refractivity contribution in [3.63, 3.8) is 0 Å². The molecule has 0 aromatic heterocycles. The van der Waals surface area contributed by atoms with Crippen LogP contribution in [0.2, 0.25) is 0 Å². The van der Waals surface area contributed by atoms with Gasteiger partial charge in [0, 0.05) is 6.16 Å². The van der Waals surface area contributed by atoms with Crippen molar-refractivity contribution >= 4 is 20.2 Å². The summed E-state index contributed by atoms with van der Waals surface area (Å²) in [5, 5.41) is 0. The van der Waals surface area contributed by atoms with E-state index >= 15 is 0 Å². The van der Waals surface area contributed by atoms with Crippen molar-refractivity contribution in [1.82, 2.24) is 0 Å². The Labute approximate surface area is 257 Å². The van der Waals surface area contributed by atoms with Gasteiger partial charge in [0.1, 0.15) is 0 Å². The lowest BCUT2D eigenvalue weighted by Crippen LogP contribution is -1.88. The topological polar surface area (TPSA) is 57.5 Å². The van der Waals surface area contributed by atoms with Gasteiger partial charge in [0.05, 0.1) is 0 Å². The van der Waals surface area contributed by atoms with Crippen LogP contribution >= 0.6 is 20.2 Å². The van der Waals surface area contributed by atoms with E-state index in [1.807, 2.05) is 0 Å². The highest BCUT2D eigenvalue weighted by Crippen LogP contribution is 2.35. The zero-order valence-electron chi connectivity index (χ0n) is 26.9. The molecule has 0 spiro atoms. The van der Waals surface area contributed by atoms with Crippen LogP contribution in [0.25, 0.3) is 0 Å². The van der Waals surface area contributed by atoms with Crippen molar-refractivity contribution in [1.29, 1.82) is 0 Å². The Bertz CT molecular complexity index is 511. The van der Waals surface area contributed by atoms with Gasteiger partial charge in [-0.05, 0) is 18.6 Å². The van der Waals surface area contributed by atoms with Crippen molar-refractivity contribution < 1.29 is 14.4 Å². The molecule has 0 bridgehead atoms. The summed E-state index contributed by atoms with van der Waals surface area (Å²) in [5.41, 5.74) is 0. The maximum atomic E-state index is 10.8. The van der Waals surface area contributed by atoms with E-state index in [-0.39, 0.29) is 6.16 Å². The minimum Gasteiger partial charge on any atom is -0.324 e. The van der Waals surface area contributed by atoms with Crippen LogP contribution in [0.4, 0.5) is 0 Å². The Morgan fingerprint density at radius 3 is 0.600 bits per heavy atom. The zero-order chi connectivity index (χ0) is 29.2. The van der Waals surface area contributed by atoms with E-state index in [4.69, 9.17) is 9.79 Å². The molecule has 0 saturated carbocycles. The molecule has 0 aromatic rings. The van der Waals surface area contributed by atoms with Crippen LogP contribution in [-0.2, 0) is 4.57 Å². The molecule has 0 aliphatic carbocycles. The molecule has 0 fully saturated rings. The smallest absolute Gasteiger partial charge is 0.324 e. The third-order valence-corrected chi connectivity index (χ3v) is 9.82. The highest BCUT2D eigenvalue weighted by molar-refractivity contribution is 7.80. The van der Waals surface area contributed by atoms with Crippen molar-refractivity contribution in [2.45, 2.75) is 212 Å². The molecule has 0 aliphatic rings. The monoisotopic (exact) mass is 605 g/mol. The van der Waals surface area contributed by atoms with E-state index in [1.165, 1.54) is 193 Å². The average molecular weight is 605 g/mol. The van der Waals surface area contributed by atoms with E-state index in [0.717, 1.165) is 18.6 Å². The van der Waals surface area contributed by atoms with Gasteiger partial charge >= 0.3 is 7.60 Å². The molecule has 2 N–H and O–H groups in total. The van der Waals surface area contributed by atoms with E-state index in [0.29, 0.717) is 6.42 Å². The van der Waals surface area contributed by atoms with Gasteiger partial charge in [-0.1, -0.05) is 199 Å². The second kappa shape index (κ2) is 34.0. The summed E-state index contributed by atoms with van der Waals surface area (Å²) in [6.07, 6.45) is 45.5. The highest BCUT2D eigenvalue weighted by Gasteiger charge is 2.10. The summed E-state index contributed by atoms with van der Waals surface area (Å²) in [4.78, 5) is 17.7. The van der Waals surface area contributed by atoms with Crippen molar-refractivity contribution in [2.75, 3.05) is 11.9 Å². The normalized spacial score (nSPS) is 12.0. The Balaban J connectivity index is 3.04. The fraction of sp³-hybridized carbons (Fsp3) is 1.00. The van der Waals surface area contributed by atoms with Crippen molar-refractivity contribution in [2.24, 2.45) is 0 Å². The van der Waals surface area contributed by atoms with Crippen LogP contribution in [0.15, 0.2) is 0 Å². The molecule has 0 saturated heterocycles. The second-order valence-electron chi connectivity index (χ2n) is 12.8. The number of thiol groups is 1. The molecule has 3 nitrogen and oxygen atoms in total. The van der Waals surface area contributed by atoms with Gasteiger partial charge in [-0.3, -0.25) is 4.57 Å². The summed E-state index contributed by atoms with van der Waals surface area (Å²) in [7, 11) is -3.77. The summed E-state index contributed by atoms with van der Waals surface area (Å²) in [6, 6.07) is 0. The van der Waals surface area contributed by atoms with Crippen LogP contribution in [0.5, 0.6) is 0 Å². The molecule has 0 aromatic carbocycles. The van der Waals surface area contributed by atoms with Crippen LogP contribution in [0.3, 0.4) is 0 Å². The zero-order valence-corrected chi connectivity index (χ0v) is 28.7. The molecule has 0 unspecified atom stereocenters. The molecule has 0 atom stereocenters. The number of hydrogen-bond donors (Lipinski definition) is 3. The van der Waals surface area contributed by atoms with Gasteiger partial charge in [0.2, 0.25) is 0 Å². The molecule has 0 amide bonds. The second-order valence-corrected chi connectivity index (χ2v) is 15.0. The fourth-order valence-electron chi connectivity index (χ4n) is 5.91. The highest BCUT2D eigenvalue weighted by atomic mass is 32.1. The molecule has 0 aliphatic heterocycles. The summed E-state index contributed by atoms with van der Waals surface area (Å²) in [5.74, 6) is 1.06. The Hall–Kier alpha value is 0.500. The standard InChI is InChI=1S/C35H73O3PS/c36-39(37,38)34-32-30-28-26-24-22-20-18-16-14-12-10-8-6-4-2-1-3-5-7-9-11-13-15-17-19-21-23-25-27-29-31-33-35-40/h40H,1-35H2,(H2,36,37,38). The predicted octanol–water partition coefficient (Wildman–Crippen LogP) is 13.0. The van der Waals surface area contributed by atoms with Gasteiger partial charge in [0.15, 0.2) is 0 Å². The van der Waals surface area contributed by atoms with Gasteiger partial charge in [-0.25, -0.2) is 0 Å². The molecule has 5 heteroatoms. The van der Waals surface area contributed by atoms with Crippen LogP contribution in [-0.4, -0.2) is 21.7 Å². The van der Waals surface area contributed by atoms with Gasteiger partial charge in [-0.2, -0.15) is 12.6 Å². The van der Waals surface area contributed by atoms with E-state index < -0.39 is 7.60 Å². The molecular weight excluding hydrogens is 531 g/mol. The maximum Gasteiger partial charge on any atom is 0.325 e. The third kappa shape index (κ3) is 38.5. The number of rotatable bonds is 35. The van der Waals surface area contributed by atoms with Crippen molar-refractivity contribution in [3.05, 3.63) is 0 Å². The SMILES string of the molecule is O=P(O)(O)CCCCCCCCCCCCCCCCCCCCCCCCCCCCCCCCCCCS. The fourth-order valence-corrected chi connectivity index (χ4v) is 6.77. The van der Waals surface area contributed by atoms with Crippen molar-refractivity contribution in [3.8, 4) is 0 Å². The minimum absolute atomic E-state index is 0.0612. The Kier molecular flexibility index (Phi) is 34.4. The van der Waals surface area contributed by atoms with Crippen LogP contribution in [0, 0.1) is 0 Å². The summed E-state index contributed by atoms with van der Waals surface area (Å²) >= 11 is 4.28.